The maximum Gasteiger partial charge on any atom is 0.416 e. The van der Waals surface area contributed by atoms with Crippen LogP contribution in [0.3, 0.4) is 0 Å². The summed E-state index contributed by atoms with van der Waals surface area (Å²) >= 11 is 0. The molecule has 0 spiro atoms. The third-order valence-corrected chi connectivity index (χ3v) is 3.86. The number of piperidine rings is 1. The highest BCUT2D eigenvalue weighted by Gasteiger charge is 2.32. The van der Waals surface area contributed by atoms with Crippen molar-refractivity contribution >= 4 is 5.69 Å². The number of hydrogen-bond acceptors (Lipinski definition) is 2. The Balaban J connectivity index is 2.37. The van der Waals surface area contributed by atoms with Crippen molar-refractivity contribution in [3.8, 4) is 0 Å². The third kappa shape index (κ3) is 3.26. The quantitative estimate of drug-likeness (QED) is 0.897. The lowest BCUT2D eigenvalue weighted by molar-refractivity contribution is -0.137. The highest BCUT2D eigenvalue weighted by Crippen LogP contribution is 2.36. The highest BCUT2D eigenvalue weighted by atomic mass is 19.4. The summed E-state index contributed by atoms with van der Waals surface area (Å²) in [5.74, 6) is 0.197. The van der Waals surface area contributed by atoms with Crippen molar-refractivity contribution in [2.75, 3.05) is 18.0 Å². The first kappa shape index (κ1) is 15.2. The van der Waals surface area contributed by atoms with Crippen LogP contribution in [-0.2, 0) is 6.18 Å². The molecule has 5 heteroatoms. The maximum atomic E-state index is 12.9. The van der Waals surface area contributed by atoms with Crippen LogP contribution >= 0.6 is 0 Å². The minimum Gasteiger partial charge on any atom is -0.371 e. The molecule has 2 rings (SSSR count). The Hall–Kier alpha value is -1.23. The molecule has 0 unspecified atom stereocenters. The summed E-state index contributed by atoms with van der Waals surface area (Å²) < 4.78 is 38.7. The van der Waals surface area contributed by atoms with Gasteiger partial charge in [-0.05, 0) is 36.5 Å². The third-order valence-electron chi connectivity index (χ3n) is 3.86. The van der Waals surface area contributed by atoms with E-state index in [2.05, 4.69) is 0 Å². The van der Waals surface area contributed by atoms with Gasteiger partial charge < -0.3 is 10.6 Å². The fourth-order valence-electron chi connectivity index (χ4n) is 2.62. The number of rotatable bonds is 2. The molecule has 2 nitrogen and oxygen atoms in total. The van der Waals surface area contributed by atoms with Crippen molar-refractivity contribution in [1.29, 1.82) is 0 Å². The lowest BCUT2D eigenvalue weighted by Crippen LogP contribution is -2.40. The van der Waals surface area contributed by atoms with E-state index in [4.69, 9.17) is 5.73 Å². The molecular formula is C15H21F3N2. The zero-order valence-corrected chi connectivity index (χ0v) is 11.9. The van der Waals surface area contributed by atoms with Crippen molar-refractivity contribution < 1.29 is 13.2 Å². The normalized spacial score (nSPS) is 17.9. The summed E-state index contributed by atoms with van der Waals surface area (Å²) in [4.78, 5) is 2.04. The number of nitrogens with zero attached hydrogens (tertiary/aromatic N) is 1. The van der Waals surface area contributed by atoms with E-state index in [1.165, 1.54) is 12.1 Å². The van der Waals surface area contributed by atoms with Gasteiger partial charge in [-0.15, -0.1) is 0 Å². The molecule has 0 amide bonds. The molecule has 0 saturated carbocycles. The Morgan fingerprint density at radius 3 is 2.30 bits per heavy atom. The van der Waals surface area contributed by atoms with E-state index in [0.29, 0.717) is 5.69 Å². The Kier molecular flexibility index (Phi) is 4.28. The van der Waals surface area contributed by atoms with E-state index in [0.717, 1.165) is 31.5 Å². The van der Waals surface area contributed by atoms with Gasteiger partial charge in [-0.2, -0.15) is 13.2 Å². The molecule has 0 aromatic heterocycles. The van der Waals surface area contributed by atoms with Crippen LogP contribution in [-0.4, -0.2) is 19.1 Å². The van der Waals surface area contributed by atoms with Crippen LogP contribution < -0.4 is 10.6 Å². The van der Waals surface area contributed by atoms with Crippen molar-refractivity contribution in [2.45, 2.75) is 44.8 Å². The molecule has 1 saturated heterocycles. The topological polar surface area (TPSA) is 29.3 Å². The second-order valence-corrected chi connectivity index (χ2v) is 5.75. The van der Waals surface area contributed by atoms with Crippen LogP contribution in [0.15, 0.2) is 18.2 Å². The van der Waals surface area contributed by atoms with Gasteiger partial charge in [-0.1, -0.05) is 19.9 Å². The van der Waals surface area contributed by atoms with Crippen molar-refractivity contribution in [1.82, 2.24) is 0 Å². The van der Waals surface area contributed by atoms with Gasteiger partial charge >= 0.3 is 6.18 Å². The average Bonchev–Trinajstić information content (AvgIpc) is 2.37. The van der Waals surface area contributed by atoms with Gasteiger partial charge in [0.05, 0.1) is 5.56 Å². The molecule has 1 fully saturated rings. The van der Waals surface area contributed by atoms with Crippen LogP contribution in [0.5, 0.6) is 0 Å². The van der Waals surface area contributed by atoms with Crippen LogP contribution in [0.25, 0.3) is 0 Å². The molecule has 112 valence electrons. The van der Waals surface area contributed by atoms with Gasteiger partial charge in [0.2, 0.25) is 0 Å². The molecule has 0 atom stereocenters. The van der Waals surface area contributed by atoms with E-state index in [1.54, 1.807) is 6.07 Å². The Labute approximate surface area is 117 Å². The van der Waals surface area contributed by atoms with Crippen molar-refractivity contribution in [2.24, 2.45) is 5.73 Å². The standard InChI is InChI=1S/C15H21F3N2/c1-10(2)13-4-3-11(15(16,17)18)9-14(13)20-7-5-12(19)6-8-20/h3-4,9-10,12H,5-8,19H2,1-2H3. The van der Waals surface area contributed by atoms with E-state index in [1.807, 2.05) is 18.7 Å². The number of halogens is 3. The predicted molar refractivity (Wildman–Crippen MR) is 75.0 cm³/mol. The van der Waals surface area contributed by atoms with Gasteiger partial charge in [0.15, 0.2) is 0 Å². The maximum absolute atomic E-state index is 12.9. The van der Waals surface area contributed by atoms with Crippen LogP contribution in [0.4, 0.5) is 18.9 Å². The molecule has 0 aliphatic carbocycles. The van der Waals surface area contributed by atoms with Crippen molar-refractivity contribution in [3.05, 3.63) is 29.3 Å². The van der Waals surface area contributed by atoms with Gasteiger partial charge in [0.1, 0.15) is 0 Å². The minimum absolute atomic E-state index is 0.166. The van der Waals surface area contributed by atoms with Gasteiger partial charge in [-0.25, -0.2) is 0 Å². The summed E-state index contributed by atoms with van der Waals surface area (Å²) in [6.45, 7) is 5.45. The molecule has 1 aromatic carbocycles. The molecule has 1 heterocycles. The van der Waals surface area contributed by atoms with E-state index in [9.17, 15) is 13.2 Å². The summed E-state index contributed by atoms with van der Waals surface area (Å²) in [5.41, 5.74) is 6.96. The summed E-state index contributed by atoms with van der Waals surface area (Å²) in [6, 6.07) is 4.23. The lowest BCUT2D eigenvalue weighted by Gasteiger charge is -2.34. The largest absolute Gasteiger partial charge is 0.416 e. The average molecular weight is 286 g/mol. The SMILES string of the molecule is CC(C)c1ccc(C(F)(F)F)cc1N1CCC(N)CC1. The van der Waals surface area contributed by atoms with E-state index in [-0.39, 0.29) is 12.0 Å². The van der Waals surface area contributed by atoms with Gasteiger partial charge in [0, 0.05) is 24.8 Å². The fraction of sp³-hybridized carbons (Fsp3) is 0.600. The minimum atomic E-state index is -4.30. The molecular weight excluding hydrogens is 265 g/mol. The molecule has 0 radical (unpaired) electrons. The Morgan fingerprint density at radius 1 is 1.20 bits per heavy atom. The predicted octanol–water partition coefficient (Wildman–Crippen LogP) is 3.76. The van der Waals surface area contributed by atoms with Crippen LogP contribution in [0, 0.1) is 0 Å². The summed E-state index contributed by atoms with van der Waals surface area (Å²) in [7, 11) is 0. The first-order valence-corrected chi connectivity index (χ1v) is 7.00. The molecule has 2 N–H and O–H groups in total. The second-order valence-electron chi connectivity index (χ2n) is 5.75. The molecule has 1 aliphatic rings. The Morgan fingerprint density at radius 2 is 1.80 bits per heavy atom. The molecule has 1 aromatic rings. The van der Waals surface area contributed by atoms with Crippen molar-refractivity contribution in [3.63, 3.8) is 0 Å². The first-order chi connectivity index (χ1) is 9.29. The smallest absolute Gasteiger partial charge is 0.371 e. The fourth-order valence-corrected chi connectivity index (χ4v) is 2.62. The first-order valence-electron chi connectivity index (χ1n) is 7.00. The second kappa shape index (κ2) is 5.64. The monoisotopic (exact) mass is 286 g/mol. The number of benzene rings is 1. The van der Waals surface area contributed by atoms with Gasteiger partial charge in [0.25, 0.3) is 0 Å². The molecule has 1 aliphatic heterocycles. The summed E-state index contributed by atoms with van der Waals surface area (Å²) in [6.07, 6.45) is -2.64. The van der Waals surface area contributed by atoms with Gasteiger partial charge in [-0.3, -0.25) is 0 Å². The molecule has 20 heavy (non-hydrogen) atoms. The Bertz CT molecular complexity index is 461. The molecule has 0 bridgehead atoms. The van der Waals surface area contributed by atoms with Crippen LogP contribution in [0.1, 0.15) is 43.7 Å². The lowest BCUT2D eigenvalue weighted by atomic mass is 9.96. The number of anilines is 1. The number of alkyl halides is 3. The number of hydrogen-bond donors (Lipinski definition) is 1. The summed E-state index contributed by atoms with van der Waals surface area (Å²) in [5, 5.41) is 0. The van der Waals surface area contributed by atoms with E-state index < -0.39 is 11.7 Å². The highest BCUT2D eigenvalue weighted by molar-refractivity contribution is 5.57. The van der Waals surface area contributed by atoms with Crippen LogP contribution in [0.2, 0.25) is 0 Å². The zero-order valence-electron chi connectivity index (χ0n) is 11.9. The zero-order chi connectivity index (χ0) is 14.9. The van der Waals surface area contributed by atoms with E-state index >= 15 is 0 Å². The number of nitrogens with two attached hydrogens (primary N) is 1.